The minimum absolute atomic E-state index is 0.130. The van der Waals surface area contributed by atoms with Crippen molar-refractivity contribution in [1.29, 1.82) is 0 Å². The van der Waals surface area contributed by atoms with Crippen molar-refractivity contribution in [3.63, 3.8) is 0 Å². The number of pyridine rings is 1. The van der Waals surface area contributed by atoms with E-state index in [1.54, 1.807) is 12.3 Å². The molecular weight excluding hydrogens is 192 g/mol. The van der Waals surface area contributed by atoms with Crippen molar-refractivity contribution in [1.82, 2.24) is 4.98 Å². The molecule has 0 spiro atoms. The summed E-state index contributed by atoms with van der Waals surface area (Å²) in [6.07, 6.45) is 6.86. The lowest BCUT2D eigenvalue weighted by Gasteiger charge is -2.11. The second-order valence-corrected chi connectivity index (χ2v) is 3.16. The van der Waals surface area contributed by atoms with Crippen molar-refractivity contribution in [2.24, 2.45) is 0 Å². The van der Waals surface area contributed by atoms with Crippen molar-refractivity contribution in [2.45, 2.75) is 19.4 Å². The number of nitrogens with one attached hydrogen (secondary N) is 1. The molecule has 0 bridgehead atoms. The molecule has 15 heavy (non-hydrogen) atoms. The van der Waals surface area contributed by atoms with E-state index in [-0.39, 0.29) is 6.42 Å². The van der Waals surface area contributed by atoms with Gasteiger partial charge < -0.3 is 10.4 Å². The number of hydrogen-bond donors (Lipinski definition) is 2. The summed E-state index contributed by atoms with van der Waals surface area (Å²) in [7, 11) is 0. The molecule has 0 saturated carbocycles. The lowest BCUT2D eigenvalue weighted by molar-refractivity contribution is -0.137. The highest BCUT2D eigenvalue weighted by Gasteiger charge is 2.15. The van der Waals surface area contributed by atoms with Crippen LogP contribution in [-0.2, 0) is 4.79 Å². The largest absolute Gasteiger partial charge is 0.480 e. The van der Waals surface area contributed by atoms with E-state index in [4.69, 9.17) is 11.5 Å². The number of nitrogens with zero attached hydrogens (tertiary/aromatic N) is 1. The Morgan fingerprint density at radius 2 is 2.47 bits per heavy atom. The van der Waals surface area contributed by atoms with Crippen molar-refractivity contribution in [2.75, 3.05) is 5.32 Å². The summed E-state index contributed by atoms with van der Waals surface area (Å²) in [4.78, 5) is 14.8. The first-order chi connectivity index (χ1) is 7.13. The van der Waals surface area contributed by atoms with Crippen LogP contribution in [0.1, 0.15) is 12.0 Å². The van der Waals surface area contributed by atoms with Crippen LogP contribution in [0.5, 0.6) is 0 Å². The van der Waals surface area contributed by atoms with Crippen LogP contribution < -0.4 is 5.32 Å². The quantitative estimate of drug-likeness (QED) is 0.725. The van der Waals surface area contributed by atoms with Crippen LogP contribution in [0.4, 0.5) is 5.82 Å². The van der Waals surface area contributed by atoms with E-state index in [0.29, 0.717) is 5.82 Å². The number of carboxylic acids is 1. The van der Waals surface area contributed by atoms with Crippen LogP contribution in [0, 0.1) is 19.3 Å². The lowest BCUT2D eigenvalue weighted by Crippen LogP contribution is -2.29. The molecular formula is C11H12N2O2. The van der Waals surface area contributed by atoms with Gasteiger partial charge in [0, 0.05) is 12.6 Å². The third-order valence-corrected chi connectivity index (χ3v) is 1.85. The van der Waals surface area contributed by atoms with Gasteiger partial charge in [-0.2, -0.15) is 0 Å². The molecule has 2 N–H and O–H groups in total. The molecule has 0 saturated heterocycles. The number of aliphatic carboxylic acids is 1. The van der Waals surface area contributed by atoms with Gasteiger partial charge in [0.05, 0.1) is 0 Å². The lowest BCUT2D eigenvalue weighted by atomic mass is 10.2. The van der Waals surface area contributed by atoms with Crippen LogP contribution in [-0.4, -0.2) is 22.1 Å². The van der Waals surface area contributed by atoms with Gasteiger partial charge in [0.25, 0.3) is 0 Å². The highest BCUT2D eigenvalue weighted by Crippen LogP contribution is 2.07. The molecule has 1 aromatic heterocycles. The number of aromatic nitrogens is 1. The molecule has 1 aromatic rings. The fourth-order valence-corrected chi connectivity index (χ4v) is 1.05. The first-order valence-corrected chi connectivity index (χ1v) is 4.49. The third-order valence-electron chi connectivity index (χ3n) is 1.85. The molecule has 0 aliphatic rings. The molecule has 0 aromatic carbocycles. The highest BCUT2D eigenvalue weighted by atomic mass is 16.4. The van der Waals surface area contributed by atoms with E-state index < -0.39 is 12.0 Å². The molecule has 0 aliphatic heterocycles. The van der Waals surface area contributed by atoms with E-state index in [9.17, 15) is 4.79 Å². The fraction of sp³-hybridized carbons (Fsp3) is 0.273. The minimum atomic E-state index is -0.977. The Bertz CT molecular complexity index is 379. The van der Waals surface area contributed by atoms with Gasteiger partial charge in [0.15, 0.2) is 0 Å². The van der Waals surface area contributed by atoms with Gasteiger partial charge in [-0.1, -0.05) is 6.07 Å². The zero-order valence-corrected chi connectivity index (χ0v) is 8.40. The minimum Gasteiger partial charge on any atom is -0.480 e. The number of carbonyl (C=O) groups is 1. The SMILES string of the molecule is C#CCC(Nc1ccc(C)cn1)C(=O)O. The monoisotopic (exact) mass is 204 g/mol. The number of anilines is 1. The van der Waals surface area contributed by atoms with E-state index in [1.165, 1.54) is 0 Å². The number of carboxylic acid groups (broad SMARTS) is 1. The standard InChI is InChI=1S/C11H12N2O2/c1-3-4-9(11(14)15)13-10-6-5-8(2)7-12-10/h1,5-7,9H,4H2,2H3,(H,12,13)(H,14,15). The molecule has 0 fully saturated rings. The van der Waals surface area contributed by atoms with Crippen LogP contribution in [0.25, 0.3) is 0 Å². The normalized spacial score (nSPS) is 11.5. The molecule has 1 heterocycles. The Labute approximate surface area is 88.3 Å². The summed E-state index contributed by atoms with van der Waals surface area (Å²) < 4.78 is 0. The Morgan fingerprint density at radius 1 is 1.73 bits per heavy atom. The molecule has 0 radical (unpaired) electrons. The maximum atomic E-state index is 10.8. The summed E-state index contributed by atoms with van der Waals surface area (Å²) in [5, 5.41) is 11.6. The molecule has 1 atom stereocenters. The van der Waals surface area contributed by atoms with Crippen LogP contribution in [0.2, 0.25) is 0 Å². The number of terminal acetylenes is 1. The zero-order valence-electron chi connectivity index (χ0n) is 8.40. The zero-order chi connectivity index (χ0) is 11.3. The second kappa shape index (κ2) is 5.01. The number of aryl methyl sites for hydroxylation is 1. The van der Waals surface area contributed by atoms with Crippen molar-refractivity contribution in [3.8, 4) is 12.3 Å². The van der Waals surface area contributed by atoms with Crippen LogP contribution >= 0.6 is 0 Å². The first kappa shape index (κ1) is 11.1. The van der Waals surface area contributed by atoms with Gasteiger partial charge in [-0.05, 0) is 18.6 Å². The maximum absolute atomic E-state index is 10.8. The summed E-state index contributed by atoms with van der Waals surface area (Å²) in [5.41, 5.74) is 1.02. The summed E-state index contributed by atoms with van der Waals surface area (Å²) in [6.45, 7) is 1.91. The van der Waals surface area contributed by atoms with Crippen LogP contribution in [0.15, 0.2) is 18.3 Å². The number of rotatable bonds is 4. The van der Waals surface area contributed by atoms with Crippen molar-refractivity contribution >= 4 is 11.8 Å². The summed E-state index contributed by atoms with van der Waals surface area (Å²) >= 11 is 0. The smallest absolute Gasteiger partial charge is 0.327 e. The van der Waals surface area contributed by atoms with E-state index >= 15 is 0 Å². The van der Waals surface area contributed by atoms with Gasteiger partial charge in [0.1, 0.15) is 11.9 Å². The van der Waals surface area contributed by atoms with E-state index in [1.807, 2.05) is 13.0 Å². The maximum Gasteiger partial charge on any atom is 0.327 e. The van der Waals surface area contributed by atoms with Crippen LogP contribution in [0.3, 0.4) is 0 Å². The van der Waals surface area contributed by atoms with E-state index in [2.05, 4.69) is 16.2 Å². The Balaban J connectivity index is 2.70. The molecule has 0 aliphatic carbocycles. The molecule has 4 nitrogen and oxygen atoms in total. The molecule has 4 heteroatoms. The van der Waals surface area contributed by atoms with Crippen molar-refractivity contribution < 1.29 is 9.90 Å². The topological polar surface area (TPSA) is 62.2 Å². The van der Waals surface area contributed by atoms with Gasteiger partial charge in [-0.3, -0.25) is 0 Å². The predicted octanol–water partition coefficient (Wildman–Crippen LogP) is 1.28. The molecule has 1 rings (SSSR count). The average Bonchev–Trinajstić information content (AvgIpc) is 2.20. The molecule has 1 unspecified atom stereocenters. The number of hydrogen-bond acceptors (Lipinski definition) is 3. The third kappa shape index (κ3) is 3.31. The summed E-state index contributed by atoms with van der Waals surface area (Å²) in [5.74, 6) is 1.85. The van der Waals surface area contributed by atoms with Gasteiger partial charge in [0.2, 0.25) is 0 Å². The Morgan fingerprint density at radius 3 is 2.93 bits per heavy atom. The molecule has 0 amide bonds. The predicted molar refractivity (Wildman–Crippen MR) is 57.5 cm³/mol. The average molecular weight is 204 g/mol. The van der Waals surface area contributed by atoms with Gasteiger partial charge >= 0.3 is 5.97 Å². The fourth-order valence-electron chi connectivity index (χ4n) is 1.05. The highest BCUT2D eigenvalue weighted by molar-refractivity contribution is 5.77. The Hall–Kier alpha value is -2.02. The Kier molecular flexibility index (Phi) is 3.69. The summed E-state index contributed by atoms with van der Waals surface area (Å²) in [6, 6.07) is 2.79. The first-order valence-electron chi connectivity index (χ1n) is 4.49. The van der Waals surface area contributed by atoms with Gasteiger partial charge in [-0.15, -0.1) is 12.3 Å². The molecule has 78 valence electrons. The van der Waals surface area contributed by atoms with E-state index in [0.717, 1.165) is 5.56 Å². The second-order valence-electron chi connectivity index (χ2n) is 3.16. The van der Waals surface area contributed by atoms with Crippen molar-refractivity contribution in [3.05, 3.63) is 23.9 Å². The van der Waals surface area contributed by atoms with Gasteiger partial charge in [-0.25, -0.2) is 9.78 Å².